The Kier molecular flexibility index (Phi) is 5.06. The van der Waals surface area contributed by atoms with Crippen LogP contribution in [0.3, 0.4) is 0 Å². The van der Waals surface area contributed by atoms with E-state index in [-0.39, 0.29) is 29.8 Å². The van der Waals surface area contributed by atoms with Crippen molar-refractivity contribution in [2.45, 2.75) is 20.5 Å². The maximum Gasteiger partial charge on any atom is 0.387 e. The minimum Gasteiger partial charge on any atom is -0.481 e. The number of hydrogen-bond acceptors (Lipinski definition) is 5. The van der Waals surface area contributed by atoms with Crippen molar-refractivity contribution in [3.8, 4) is 11.4 Å². The Morgan fingerprint density at radius 1 is 1.26 bits per heavy atom. The Hall–Kier alpha value is -3.04. The van der Waals surface area contributed by atoms with Gasteiger partial charge in [-0.05, 0) is 37.1 Å². The molecule has 3 rings (SSSR count). The van der Waals surface area contributed by atoms with Crippen molar-refractivity contribution in [3.63, 3.8) is 0 Å². The van der Waals surface area contributed by atoms with Gasteiger partial charge in [-0.25, -0.2) is 4.68 Å². The summed E-state index contributed by atoms with van der Waals surface area (Å²) in [4.78, 5) is 25.4. The number of carbonyl (C=O) groups excluding carboxylic acids is 1. The molecule has 1 aliphatic rings. The summed E-state index contributed by atoms with van der Waals surface area (Å²) in [6.07, 6.45) is 0. The number of rotatable bonds is 5. The van der Waals surface area contributed by atoms with Crippen LogP contribution in [0.5, 0.6) is 5.75 Å². The standard InChI is InChI=1S/C17H18F2N4O4/c1-9-7-22(8-13(9)16(25)26)15(24)14-10(2)23(21-20-14)11-3-5-12(6-4-11)27-17(18)19/h3-6,9,13,17H,7-8H2,1-2H3,(H,25,26)/t9-,13-/m1/s1. The summed E-state index contributed by atoms with van der Waals surface area (Å²) in [5.41, 5.74) is 1.12. The number of carboxylic acid groups (broad SMARTS) is 1. The molecule has 1 fully saturated rings. The zero-order valence-corrected chi connectivity index (χ0v) is 14.7. The average Bonchev–Trinajstić information content (AvgIpc) is 3.18. The third-order valence-corrected chi connectivity index (χ3v) is 4.62. The Balaban J connectivity index is 1.79. The van der Waals surface area contributed by atoms with Crippen LogP contribution < -0.4 is 4.74 Å². The molecule has 0 spiro atoms. The molecule has 144 valence electrons. The summed E-state index contributed by atoms with van der Waals surface area (Å²) in [6, 6.07) is 5.77. The van der Waals surface area contributed by atoms with Crippen LogP contribution in [0.15, 0.2) is 24.3 Å². The van der Waals surface area contributed by atoms with Gasteiger partial charge >= 0.3 is 12.6 Å². The lowest BCUT2D eigenvalue weighted by Crippen LogP contribution is -2.30. The molecule has 2 aromatic rings. The number of likely N-dealkylation sites (tertiary alicyclic amines) is 1. The molecule has 27 heavy (non-hydrogen) atoms. The van der Waals surface area contributed by atoms with Gasteiger partial charge in [0.2, 0.25) is 0 Å². The highest BCUT2D eigenvalue weighted by Gasteiger charge is 2.38. The molecule has 0 bridgehead atoms. The number of aromatic nitrogens is 3. The van der Waals surface area contributed by atoms with E-state index in [0.717, 1.165) is 0 Å². The molecule has 0 unspecified atom stereocenters. The van der Waals surface area contributed by atoms with E-state index in [1.54, 1.807) is 13.8 Å². The first kappa shape index (κ1) is 18.7. The van der Waals surface area contributed by atoms with E-state index in [0.29, 0.717) is 17.9 Å². The zero-order chi connectivity index (χ0) is 19.7. The molecule has 1 aromatic carbocycles. The van der Waals surface area contributed by atoms with Crippen molar-refractivity contribution < 1.29 is 28.2 Å². The zero-order valence-electron chi connectivity index (χ0n) is 14.7. The largest absolute Gasteiger partial charge is 0.481 e. The normalized spacial score (nSPS) is 19.5. The quantitative estimate of drug-likeness (QED) is 0.852. The Bertz CT molecular complexity index is 853. The van der Waals surface area contributed by atoms with Gasteiger partial charge in [-0.3, -0.25) is 9.59 Å². The van der Waals surface area contributed by atoms with Crippen molar-refractivity contribution in [3.05, 3.63) is 35.7 Å². The molecule has 1 N–H and O–H groups in total. The Labute approximate surface area is 153 Å². The van der Waals surface area contributed by atoms with Gasteiger partial charge in [-0.1, -0.05) is 12.1 Å². The van der Waals surface area contributed by atoms with Crippen molar-refractivity contribution >= 4 is 11.9 Å². The van der Waals surface area contributed by atoms with Gasteiger partial charge < -0.3 is 14.7 Å². The number of nitrogens with zero attached hydrogens (tertiary/aromatic N) is 4. The second-order valence-electron chi connectivity index (χ2n) is 6.44. The lowest BCUT2D eigenvalue weighted by atomic mass is 9.99. The fourth-order valence-corrected chi connectivity index (χ4v) is 3.14. The highest BCUT2D eigenvalue weighted by atomic mass is 19.3. The third kappa shape index (κ3) is 3.74. The van der Waals surface area contributed by atoms with Gasteiger partial charge in [0.05, 0.1) is 17.3 Å². The van der Waals surface area contributed by atoms with E-state index >= 15 is 0 Å². The highest BCUT2D eigenvalue weighted by molar-refractivity contribution is 5.94. The monoisotopic (exact) mass is 380 g/mol. The first-order chi connectivity index (χ1) is 12.8. The number of carbonyl (C=O) groups is 2. The van der Waals surface area contributed by atoms with E-state index < -0.39 is 18.5 Å². The fraction of sp³-hybridized carbons (Fsp3) is 0.412. The van der Waals surface area contributed by atoms with Gasteiger partial charge in [-0.15, -0.1) is 5.10 Å². The number of halogens is 2. The number of carboxylic acids is 1. The number of benzene rings is 1. The first-order valence-electron chi connectivity index (χ1n) is 8.27. The molecule has 0 saturated carbocycles. The van der Waals surface area contributed by atoms with Crippen LogP contribution in [0.4, 0.5) is 8.78 Å². The third-order valence-electron chi connectivity index (χ3n) is 4.62. The van der Waals surface area contributed by atoms with Gasteiger partial charge in [0.15, 0.2) is 5.69 Å². The van der Waals surface area contributed by atoms with E-state index in [9.17, 15) is 23.5 Å². The molecule has 1 aromatic heterocycles. The molecule has 1 saturated heterocycles. The number of ether oxygens (including phenoxy) is 1. The number of alkyl halides is 2. The number of hydrogen-bond donors (Lipinski definition) is 1. The molecule has 0 radical (unpaired) electrons. The maximum atomic E-state index is 12.7. The summed E-state index contributed by atoms with van der Waals surface area (Å²) in [5, 5.41) is 17.1. The lowest BCUT2D eigenvalue weighted by molar-refractivity contribution is -0.142. The van der Waals surface area contributed by atoms with Gasteiger partial charge in [0.1, 0.15) is 5.75 Å². The summed E-state index contributed by atoms with van der Waals surface area (Å²) < 4.78 is 30.2. The topological polar surface area (TPSA) is 97.5 Å². The average molecular weight is 380 g/mol. The summed E-state index contributed by atoms with van der Waals surface area (Å²) >= 11 is 0. The minimum atomic E-state index is -2.91. The van der Waals surface area contributed by atoms with E-state index in [1.807, 2.05) is 0 Å². The fourth-order valence-electron chi connectivity index (χ4n) is 3.14. The molecule has 1 aliphatic heterocycles. The summed E-state index contributed by atoms with van der Waals surface area (Å²) in [6.45, 7) is 0.998. The Morgan fingerprint density at radius 3 is 2.48 bits per heavy atom. The molecule has 10 heteroatoms. The Morgan fingerprint density at radius 2 is 1.93 bits per heavy atom. The van der Waals surface area contributed by atoms with Crippen LogP contribution in [-0.4, -0.2) is 56.6 Å². The van der Waals surface area contributed by atoms with Crippen LogP contribution in [0, 0.1) is 18.8 Å². The molecule has 1 amide bonds. The highest BCUT2D eigenvalue weighted by Crippen LogP contribution is 2.25. The second kappa shape index (κ2) is 7.29. The van der Waals surface area contributed by atoms with Crippen LogP contribution in [0.25, 0.3) is 5.69 Å². The SMILES string of the molecule is Cc1c(C(=O)N2C[C@@H](C)[C@H](C(=O)O)C2)nnn1-c1ccc(OC(F)F)cc1. The summed E-state index contributed by atoms with van der Waals surface area (Å²) in [5.74, 6) is -2.05. The van der Waals surface area contributed by atoms with Crippen LogP contribution in [0.1, 0.15) is 23.1 Å². The molecular formula is C17H18F2N4O4. The molecular weight excluding hydrogens is 362 g/mol. The van der Waals surface area contributed by atoms with Gasteiger partial charge in [-0.2, -0.15) is 8.78 Å². The predicted octanol–water partition coefficient (Wildman–Crippen LogP) is 1.97. The molecule has 2 heterocycles. The maximum absolute atomic E-state index is 12.7. The summed E-state index contributed by atoms with van der Waals surface area (Å²) in [7, 11) is 0. The number of aliphatic carboxylic acids is 1. The second-order valence-corrected chi connectivity index (χ2v) is 6.44. The predicted molar refractivity (Wildman–Crippen MR) is 88.9 cm³/mol. The van der Waals surface area contributed by atoms with E-state index in [1.165, 1.54) is 33.8 Å². The molecule has 8 nitrogen and oxygen atoms in total. The number of amides is 1. The minimum absolute atomic E-state index is 0.00795. The van der Waals surface area contributed by atoms with Crippen LogP contribution in [-0.2, 0) is 4.79 Å². The van der Waals surface area contributed by atoms with Crippen LogP contribution in [0.2, 0.25) is 0 Å². The van der Waals surface area contributed by atoms with E-state index in [4.69, 9.17) is 0 Å². The first-order valence-corrected chi connectivity index (χ1v) is 8.27. The smallest absolute Gasteiger partial charge is 0.387 e. The van der Waals surface area contributed by atoms with Crippen molar-refractivity contribution in [1.29, 1.82) is 0 Å². The van der Waals surface area contributed by atoms with Crippen LogP contribution >= 0.6 is 0 Å². The van der Waals surface area contributed by atoms with Gasteiger partial charge in [0, 0.05) is 13.1 Å². The van der Waals surface area contributed by atoms with Crippen molar-refractivity contribution in [2.24, 2.45) is 11.8 Å². The molecule has 0 aliphatic carbocycles. The van der Waals surface area contributed by atoms with E-state index in [2.05, 4.69) is 15.0 Å². The van der Waals surface area contributed by atoms with Gasteiger partial charge in [0.25, 0.3) is 5.91 Å². The molecule has 2 atom stereocenters. The van der Waals surface area contributed by atoms with Crippen molar-refractivity contribution in [1.82, 2.24) is 19.9 Å². The lowest BCUT2D eigenvalue weighted by Gasteiger charge is -2.14. The van der Waals surface area contributed by atoms with Crippen molar-refractivity contribution in [2.75, 3.05) is 13.1 Å².